The van der Waals surface area contributed by atoms with Gasteiger partial charge in [-0.1, -0.05) is 48.0 Å². The first kappa shape index (κ1) is 12.8. The van der Waals surface area contributed by atoms with Gasteiger partial charge in [-0.3, -0.25) is 0 Å². The van der Waals surface area contributed by atoms with Gasteiger partial charge in [0.15, 0.2) is 0 Å². The van der Waals surface area contributed by atoms with Crippen LogP contribution in [0.25, 0.3) is 0 Å². The molecule has 0 atom stereocenters. The fourth-order valence-corrected chi connectivity index (χ4v) is 2.42. The Kier molecular flexibility index (Phi) is 3.79. The molecule has 0 fully saturated rings. The molecular formula is C13H10ClNO2S. The van der Waals surface area contributed by atoms with Crippen molar-refractivity contribution >= 4 is 27.8 Å². The fourth-order valence-electron chi connectivity index (χ4n) is 1.36. The van der Waals surface area contributed by atoms with Crippen molar-refractivity contribution in [1.82, 2.24) is 0 Å². The van der Waals surface area contributed by atoms with Crippen molar-refractivity contribution in [3.8, 4) is 0 Å². The summed E-state index contributed by atoms with van der Waals surface area (Å²) < 4.78 is 27.4. The second-order valence-corrected chi connectivity index (χ2v) is 5.58. The molecule has 0 saturated heterocycles. The molecule has 0 saturated carbocycles. The highest BCUT2D eigenvalue weighted by Crippen LogP contribution is 2.15. The molecule has 0 aliphatic carbocycles. The maximum absolute atomic E-state index is 11.9. The molecule has 3 nitrogen and oxygen atoms in total. The number of hydrogen-bond acceptors (Lipinski definition) is 2. The molecule has 92 valence electrons. The zero-order chi connectivity index (χ0) is 13.0. The monoisotopic (exact) mass is 279 g/mol. The van der Waals surface area contributed by atoms with Crippen molar-refractivity contribution in [3.63, 3.8) is 0 Å². The maximum Gasteiger partial charge on any atom is 0.282 e. The molecule has 0 aromatic heterocycles. The Hall–Kier alpha value is -1.65. The van der Waals surface area contributed by atoms with Crippen LogP contribution in [0, 0.1) is 0 Å². The van der Waals surface area contributed by atoms with E-state index in [1.807, 2.05) is 0 Å². The molecule has 0 unspecified atom stereocenters. The van der Waals surface area contributed by atoms with Crippen LogP contribution < -0.4 is 0 Å². The lowest BCUT2D eigenvalue weighted by Gasteiger charge is -1.98. The number of nitrogens with zero attached hydrogens (tertiary/aromatic N) is 1. The minimum Gasteiger partial charge on any atom is -0.199 e. The number of rotatable bonds is 3. The van der Waals surface area contributed by atoms with E-state index in [2.05, 4.69) is 4.40 Å². The van der Waals surface area contributed by atoms with E-state index in [1.165, 1.54) is 18.3 Å². The van der Waals surface area contributed by atoms with E-state index in [4.69, 9.17) is 11.6 Å². The highest BCUT2D eigenvalue weighted by Gasteiger charge is 2.10. The second-order valence-electron chi connectivity index (χ2n) is 3.54. The summed E-state index contributed by atoms with van der Waals surface area (Å²) >= 11 is 5.91. The smallest absolute Gasteiger partial charge is 0.199 e. The van der Waals surface area contributed by atoms with Gasteiger partial charge < -0.3 is 0 Å². The Balaban J connectivity index is 2.32. The van der Waals surface area contributed by atoms with Gasteiger partial charge in [0.1, 0.15) is 0 Å². The van der Waals surface area contributed by atoms with Gasteiger partial charge in [0.05, 0.1) is 4.90 Å². The van der Waals surface area contributed by atoms with Gasteiger partial charge in [0.2, 0.25) is 0 Å². The lowest BCUT2D eigenvalue weighted by molar-refractivity contribution is 0.598. The molecule has 0 aliphatic heterocycles. The van der Waals surface area contributed by atoms with Crippen LogP contribution in [0.3, 0.4) is 0 Å². The van der Waals surface area contributed by atoms with Crippen LogP contribution in [0.5, 0.6) is 0 Å². The first-order valence-corrected chi connectivity index (χ1v) is 7.01. The second kappa shape index (κ2) is 5.33. The van der Waals surface area contributed by atoms with Gasteiger partial charge in [-0.05, 0) is 18.2 Å². The predicted molar refractivity (Wildman–Crippen MR) is 72.7 cm³/mol. The normalized spacial score (nSPS) is 11.8. The molecule has 2 rings (SSSR count). The van der Waals surface area contributed by atoms with Crippen LogP contribution in [-0.2, 0) is 10.0 Å². The van der Waals surface area contributed by atoms with Crippen LogP contribution in [0.15, 0.2) is 63.9 Å². The van der Waals surface area contributed by atoms with Gasteiger partial charge in [-0.2, -0.15) is 12.8 Å². The topological polar surface area (TPSA) is 46.5 Å². The first-order chi connectivity index (χ1) is 8.59. The van der Waals surface area contributed by atoms with Crippen LogP contribution >= 0.6 is 11.6 Å². The summed E-state index contributed by atoms with van der Waals surface area (Å²) in [4.78, 5) is 0.160. The van der Waals surface area contributed by atoms with E-state index in [1.54, 1.807) is 42.5 Å². The van der Waals surface area contributed by atoms with Crippen molar-refractivity contribution in [1.29, 1.82) is 0 Å². The number of benzene rings is 2. The Morgan fingerprint density at radius 3 is 2.22 bits per heavy atom. The summed E-state index contributed by atoms with van der Waals surface area (Å²) in [5, 5.41) is 0.463. The minimum absolute atomic E-state index is 0.160. The minimum atomic E-state index is -3.66. The average Bonchev–Trinajstić information content (AvgIpc) is 2.39. The Morgan fingerprint density at radius 2 is 1.56 bits per heavy atom. The summed E-state index contributed by atoms with van der Waals surface area (Å²) in [6, 6.07) is 15.0. The molecule has 0 spiro atoms. The van der Waals surface area contributed by atoms with Crippen molar-refractivity contribution in [2.75, 3.05) is 0 Å². The molecule has 0 heterocycles. The standard InChI is InChI=1S/C13H10ClNO2S/c14-13-9-5-4-6-11(13)10-15-18(16,17)12-7-2-1-3-8-12/h1-10H/b15-10-. The molecule has 0 N–H and O–H groups in total. The molecule has 18 heavy (non-hydrogen) atoms. The zero-order valence-corrected chi connectivity index (χ0v) is 10.9. The van der Waals surface area contributed by atoms with Crippen molar-refractivity contribution in [2.24, 2.45) is 4.40 Å². The van der Waals surface area contributed by atoms with Crippen molar-refractivity contribution in [2.45, 2.75) is 4.90 Å². The molecule has 5 heteroatoms. The lowest BCUT2D eigenvalue weighted by Crippen LogP contribution is -1.97. The number of halogens is 1. The predicted octanol–water partition coefficient (Wildman–Crippen LogP) is 3.15. The molecule has 0 bridgehead atoms. The van der Waals surface area contributed by atoms with Gasteiger partial charge in [0.25, 0.3) is 10.0 Å². The fraction of sp³-hybridized carbons (Fsp3) is 0. The van der Waals surface area contributed by atoms with E-state index < -0.39 is 10.0 Å². The van der Waals surface area contributed by atoms with Gasteiger partial charge >= 0.3 is 0 Å². The van der Waals surface area contributed by atoms with E-state index in [-0.39, 0.29) is 4.90 Å². The molecular weight excluding hydrogens is 270 g/mol. The third kappa shape index (κ3) is 2.97. The summed E-state index contributed by atoms with van der Waals surface area (Å²) in [5.74, 6) is 0. The molecule has 0 aliphatic rings. The van der Waals surface area contributed by atoms with Crippen molar-refractivity contribution < 1.29 is 8.42 Å². The van der Waals surface area contributed by atoms with Gasteiger partial charge in [-0.25, -0.2) is 0 Å². The van der Waals surface area contributed by atoms with E-state index >= 15 is 0 Å². The van der Waals surface area contributed by atoms with E-state index in [0.29, 0.717) is 10.6 Å². The third-order valence-corrected chi connectivity index (χ3v) is 3.87. The summed E-state index contributed by atoms with van der Waals surface area (Å²) in [6.45, 7) is 0. The van der Waals surface area contributed by atoms with Crippen LogP contribution in [0.1, 0.15) is 5.56 Å². The first-order valence-electron chi connectivity index (χ1n) is 5.19. The quantitative estimate of drug-likeness (QED) is 0.810. The summed E-state index contributed by atoms with van der Waals surface area (Å²) in [5.41, 5.74) is 0.568. The third-order valence-electron chi connectivity index (χ3n) is 2.28. The average molecular weight is 280 g/mol. The highest BCUT2D eigenvalue weighted by molar-refractivity contribution is 7.90. The zero-order valence-electron chi connectivity index (χ0n) is 9.32. The van der Waals surface area contributed by atoms with Gasteiger partial charge in [0, 0.05) is 16.8 Å². The van der Waals surface area contributed by atoms with E-state index in [0.717, 1.165) is 0 Å². The molecule has 0 radical (unpaired) electrons. The van der Waals surface area contributed by atoms with Gasteiger partial charge in [-0.15, -0.1) is 0 Å². The Bertz CT molecular complexity index is 666. The molecule has 2 aromatic rings. The summed E-state index contributed by atoms with van der Waals surface area (Å²) in [6.07, 6.45) is 1.25. The lowest BCUT2D eigenvalue weighted by atomic mass is 10.2. The number of hydrogen-bond donors (Lipinski definition) is 0. The van der Waals surface area contributed by atoms with Crippen LogP contribution in [-0.4, -0.2) is 14.6 Å². The maximum atomic E-state index is 11.9. The summed E-state index contributed by atoms with van der Waals surface area (Å²) in [7, 11) is -3.66. The van der Waals surface area contributed by atoms with Crippen molar-refractivity contribution in [3.05, 3.63) is 65.2 Å². The highest BCUT2D eigenvalue weighted by atomic mass is 35.5. The van der Waals surface area contributed by atoms with E-state index in [9.17, 15) is 8.42 Å². The number of sulfonamides is 1. The largest absolute Gasteiger partial charge is 0.282 e. The molecule has 0 amide bonds. The Morgan fingerprint density at radius 1 is 0.944 bits per heavy atom. The Labute approximate surface area is 111 Å². The molecule has 2 aromatic carbocycles. The van der Waals surface area contributed by atoms with Crippen LogP contribution in [0.2, 0.25) is 5.02 Å². The van der Waals surface area contributed by atoms with Crippen LogP contribution in [0.4, 0.5) is 0 Å². The SMILES string of the molecule is O=S(=O)(/N=C\c1ccccc1Cl)c1ccccc1.